The first-order valence-electron chi connectivity index (χ1n) is 6.94. The van der Waals surface area contributed by atoms with E-state index in [-0.39, 0.29) is 6.79 Å². The molecule has 1 aromatic carbocycles. The molecule has 0 spiro atoms. The molecule has 2 nitrogen and oxygen atoms in total. The van der Waals surface area contributed by atoms with Crippen molar-refractivity contribution in [1.29, 1.82) is 0 Å². The molecule has 0 N–H and O–H groups in total. The summed E-state index contributed by atoms with van der Waals surface area (Å²) < 4.78 is 10.6. The highest BCUT2D eigenvalue weighted by molar-refractivity contribution is 5.34. The van der Waals surface area contributed by atoms with Crippen molar-refractivity contribution in [2.75, 3.05) is 13.9 Å². The van der Waals surface area contributed by atoms with Gasteiger partial charge in [0.25, 0.3) is 0 Å². The summed E-state index contributed by atoms with van der Waals surface area (Å²) in [4.78, 5) is 0. The third-order valence-corrected chi connectivity index (χ3v) is 3.21. The molecule has 1 rings (SSSR count). The number of rotatable bonds is 8. The molecule has 109 valence electrons. The van der Waals surface area contributed by atoms with Gasteiger partial charge in [-0.2, -0.15) is 0 Å². The Morgan fingerprint density at radius 2 is 2.15 bits per heavy atom. The average molecular weight is 273 g/mol. The molecule has 0 amide bonds. The van der Waals surface area contributed by atoms with Crippen LogP contribution in [-0.4, -0.2) is 13.9 Å². The molecule has 0 saturated heterocycles. The van der Waals surface area contributed by atoms with E-state index in [1.54, 1.807) is 7.11 Å². The minimum Gasteiger partial charge on any atom is -0.467 e. The minimum atomic E-state index is 0.267. The molecule has 0 aromatic heterocycles. The Morgan fingerprint density at radius 1 is 1.40 bits per heavy atom. The van der Waals surface area contributed by atoms with Crippen LogP contribution in [0.15, 0.2) is 42.0 Å². The van der Waals surface area contributed by atoms with Gasteiger partial charge >= 0.3 is 0 Å². The molecule has 0 bridgehead atoms. The molecule has 1 atom stereocenters. The van der Waals surface area contributed by atoms with Gasteiger partial charge in [-0.05, 0) is 63.3 Å². The van der Waals surface area contributed by atoms with Crippen molar-refractivity contribution in [2.45, 2.75) is 33.6 Å². The lowest BCUT2D eigenvalue weighted by atomic mass is 9.90. The van der Waals surface area contributed by atoms with Crippen molar-refractivity contribution in [3.63, 3.8) is 0 Å². The highest BCUT2D eigenvalue weighted by atomic mass is 16.7. The Kier molecular flexibility index (Phi) is 7.10. The van der Waals surface area contributed by atoms with Gasteiger partial charge in [-0.1, -0.05) is 29.9 Å². The van der Waals surface area contributed by atoms with Gasteiger partial charge in [0.2, 0.25) is 0 Å². The highest BCUT2D eigenvalue weighted by Gasteiger charge is 2.12. The summed E-state index contributed by atoms with van der Waals surface area (Å²) in [5.41, 5.74) is 3.69. The number of methoxy groups -OCH3 is 1. The number of hydrogen-bond acceptors (Lipinski definition) is 2. The van der Waals surface area contributed by atoms with Gasteiger partial charge in [-0.15, -0.1) is 0 Å². The summed E-state index contributed by atoms with van der Waals surface area (Å²) >= 11 is 0. The zero-order valence-electron chi connectivity index (χ0n) is 13.0. The van der Waals surface area contributed by atoms with Crippen LogP contribution in [0, 0.1) is 12.0 Å². The number of hydrogen-bond donors (Lipinski definition) is 0. The number of ether oxygens (including phenoxy) is 2. The van der Waals surface area contributed by atoms with Crippen LogP contribution in [0.4, 0.5) is 0 Å². The molecule has 1 aromatic rings. The second kappa shape index (κ2) is 8.60. The van der Waals surface area contributed by atoms with E-state index in [0.717, 1.165) is 24.2 Å². The molecule has 1 radical (unpaired) electrons. The standard InChI is InChI=1S/C18H25O2/c1-14(2)10-11-16(15(3)4)12-17-8-6-7-9-18(17)20-13-19-5/h7-10,16H,3,11-13H2,1-2,4-5H3. The summed E-state index contributed by atoms with van der Waals surface area (Å²) in [6.45, 7) is 10.7. The molecule has 0 aliphatic carbocycles. The van der Waals surface area contributed by atoms with Gasteiger partial charge in [0.05, 0.1) is 0 Å². The monoisotopic (exact) mass is 273 g/mol. The summed E-state index contributed by atoms with van der Waals surface area (Å²) in [5.74, 6) is 1.29. The van der Waals surface area contributed by atoms with Crippen LogP contribution in [0.3, 0.4) is 0 Å². The van der Waals surface area contributed by atoms with Crippen LogP contribution in [0.5, 0.6) is 5.75 Å². The quantitative estimate of drug-likeness (QED) is 0.510. The topological polar surface area (TPSA) is 18.5 Å². The Balaban J connectivity index is 2.82. The maximum Gasteiger partial charge on any atom is 0.188 e. The van der Waals surface area contributed by atoms with Gasteiger partial charge in [0.1, 0.15) is 5.75 Å². The molecule has 0 aliphatic heterocycles. The lowest BCUT2D eigenvalue weighted by Crippen LogP contribution is -2.08. The van der Waals surface area contributed by atoms with E-state index in [4.69, 9.17) is 9.47 Å². The molecule has 0 saturated carbocycles. The van der Waals surface area contributed by atoms with Crippen molar-refractivity contribution in [3.05, 3.63) is 53.6 Å². The van der Waals surface area contributed by atoms with Crippen LogP contribution in [0.2, 0.25) is 0 Å². The predicted molar refractivity (Wildman–Crippen MR) is 83.8 cm³/mol. The van der Waals surface area contributed by atoms with Crippen LogP contribution in [-0.2, 0) is 11.2 Å². The third kappa shape index (κ3) is 5.62. The number of benzene rings is 1. The summed E-state index contributed by atoms with van der Waals surface area (Å²) in [7, 11) is 1.63. The van der Waals surface area contributed by atoms with Crippen LogP contribution < -0.4 is 4.74 Å². The number of allylic oxidation sites excluding steroid dienone is 3. The second-order valence-electron chi connectivity index (χ2n) is 5.35. The van der Waals surface area contributed by atoms with Crippen LogP contribution in [0.1, 0.15) is 32.8 Å². The van der Waals surface area contributed by atoms with E-state index in [0.29, 0.717) is 5.92 Å². The fourth-order valence-corrected chi connectivity index (χ4v) is 1.98. The van der Waals surface area contributed by atoms with Crippen molar-refractivity contribution in [3.8, 4) is 5.75 Å². The lowest BCUT2D eigenvalue weighted by Gasteiger charge is -2.18. The normalized spacial score (nSPS) is 11.8. The summed E-state index contributed by atoms with van der Waals surface area (Å²) in [6, 6.07) is 8.91. The molecular formula is C18H25O2. The van der Waals surface area contributed by atoms with Gasteiger partial charge in [0, 0.05) is 7.11 Å². The van der Waals surface area contributed by atoms with E-state index in [2.05, 4.69) is 39.5 Å². The molecule has 1 unspecified atom stereocenters. The predicted octanol–water partition coefficient (Wildman–Crippen LogP) is 4.56. The zero-order chi connectivity index (χ0) is 15.0. The first kappa shape index (κ1) is 16.5. The third-order valence-electron chi connectivity index (χ3n) is 3.21. The maximum absolute atomic E-state index is 5.61. The highest BCUT2D eigenvalue weighted by Crippen LogP contribution is 2.26. The fourth-order valence-electron chi connectivity index (χ4n) is 1.98. The van der Waals surface area contributed by atoms with E-state index in [9.17, 15) is 0 Å². The minimum absolute atomic E-state index is 0.267. The van der Waals surface area contributed by atoms with Crippen LogP contribution >= 0.6 is 0 Å². The van der Waals surface area contributed by atoms with Gasteiger partial charge < -0.3 is 9.47 Å². The molecule has 0 aliphatic rings. The lowest BCUT2D eigenvalue weighted by molar-refractivity contribution is 0.0503. The van der Waals surface area contributed by atoms with E-state index in [1.807, 2.05) is 18.2 Å². The van der Waals surface area contributed by atoms with Crippen molar-refractivity contribution in [1.82, 2.24) is 0 Å². The molecule has 0 heterocycles. The first-order valence-corrected chi connectivity index (χ1v) is 6.94. The molecular weight excluding hydrogens is 248 g/mol. The molecule has 20 heavy (non-hydrogen) atoms. The summed E-state index contributed by atoms with van der Waals surface area (Å²) in [5, 5.41) is 0. The van der Waals surface area contributed by atoms with Crippen molar-refractivity contribution >= 4 is 0 Å². The Hall–Kier alpha value is -1.54. The molecule has 0 fully saturated rings. The Bertz CT molecular complexity index is 456. The summed E-state index contributed by atoms with van der Waals surface area (Å²) in [6.07, 6.45) is 4.19. The largest absolute Gasteiger partial charge is 0.467 e. The van der Waals surface area contributed by atoms with Crippen molar-refractivity contribution < 1.29 is 9.47 Å². The first-order chi connectivity index (χ1) is 9.54. The average Bonchev–Trinajstić information content (AvgIpc) is 2.41. The maximum atomic E-state index is 5.61. The SMILES string of the molecule is C=C(C)C(CC=C(C)C)Cc1c[c]ccc1OCOC. The van der Waals surface area contributed by atoms with E-state index >= 15 is 0 Å². The fraction of sp³-hybridized carbons (Fsp3) is 0.444. The van der Waals surface area contributed by atoms with E-state index < -0.39 is 0 Å². The van der Waals surface area contributed by atoms with E-state index in [1.165, 1.54) is 11.1 Å². The van der Waals surface area contributed by atoms with Crippen LogP contribution in [0.25, 0.3) is 0 Å². The van der Waals surface area contributed by atoms with Gasteiger partial charge in [-0.25, -0.2) is 0 Å². The van der Waals surface area contributed by atoms with Gasteiger partial charge in [0.15, 0.2) is 6.79 Å². The Morgan fingerprint density at radius 3 is 2.75 bits per heavy atom. The smallest absolute Gasteiger partial charge is 0.188 e. The second-order valence-corrected chi connectivity index (χ2v) is 5.35. The Labute approximate surface area is 123 Å². The van der Waals surface area contributed by atoms with Crippen molar-refractivity contribution in [2.24, 2.45) is 5.92 Å². The van der Waals surface area contributed by atoms with Gasteiger partial charge in [-0.3, -0.25) is 0 Å². The molecule has 2 heteroatoms. The zero-order valence-corrected chi connectivity index (χ0v) is 13.0.